The van der Waals surface area contributed by atoms with Gasteiger partial charge in [0.1, 0.15) is 11.4 Å². The third-order valence-electron chi connectivity index (χ3n) is 10.7. The van der Waals surface area contributed by atoms with Crippen LogP contribution in [0.25, 0.3) is 0 Å². The minimum atomic E-state index is -1.09. The fraction of sp³-hybridized carbons (Fsp3) is 0.316. The zero-order chi connectivity index (χ0) is 33.2. The topological polar surface area (TPSA) is 130 Å². The Labute approximate surface area is 281 Å². The number of esters is 3. The molecular formula is C38H32N4O7. The number of carbonyl (C=O) groups is 3. The van der Waals surface area contributed by atoms with Gasteiger partial charge in [-0.1, -0.05) is 6.07 Å². The molecule has 2 aliphatic heterocycles. The number of hydrogen-bond donors (Lipinski definition) is 0. The van der Waals surface area contributed by atoms with E-state index in [2.05, 4.69) is 19.9 Å². The lowest BCUT2D eigenvalue weighted by Gasteiger charge is -2.63. The van der Waals surface area contributed by atoms with E-state index in [1.807, 2.05) is 12.1 Å². The maximum atomic E-state index is 14.1. The van der Waals surface area contributed by atoms with E-state index in [0.29, 0.717) is 53.4 Å². The summed E-state index contributed by atoms with van der Waals surface area (Å²) >= 11 is 0. The second-order valence-corrected chi connectivity index (χ2v) is 13.4. The van der Waals surface area contributed by atoms with Gasteiger partial charge in [-0.25, -0.2) is 14.4 Å². The smallest absolute Gasteiger partial charge is 0.345 e. The molecule has 246 valence electrons. The number of hydrogen-bond acceptors (Lipinski definition) is 11. The van der Waals surface area contributed by atoms with Crippen molar-refractivity contribution in [2.45, 2.75) is 55.3 Å². The van der Waals surface area contributed by atoms with Crippen LogP contribution in [-0.2, 0) is 21.3 Å². The van der Waals surface area contributed by atoms with Crippen molar-refractivity contribution in [2.75, 3.05) is 13.1 Å². The van der Waals surface area contributed by atoms with Crippen molar-refractivity contribution >= 4 is 17.9 Å². The normalized spacial score (nSPS) is 26.1. The molecule has 0 radical (unpaired) electrons. The summed E-state index contributed by atoms with van der Waals surface area (Å²) in [5, 5.41) is 0. The Bertz CT molecular complexity index is 2000. The Morgan fingerprint density at radius 1 is 0.837 bits per heavy atom. The van der Waals surface area contributed by atoms with Crippen LogP contribution in [0.5, 0.6) is 11.5 Å². The molecule has 11 heteroatoms. The van der Waals surface area contributed by atoms with Gasteiger partial charge in [-0.2, -0.15) is 0 Å². The Morgan fingerprint density at radius 2 is 1.49 bits per heavy atom. The molecule has 4 aromatic rings. The van der Waals surface area contributed by atoms with Gasteiger partial charge < -0.3 is 18.9 Å². The van der Waals surface area contributed by atoms with Gasteiger partial charge in [0.15, 0.2) is 17.6 Å². The molecule has 9 rings (SSSR count). The molecule has 1 aromatic carbocycles. The largest absolute Gasteiger partial charge is 0.477 e. The monoisotopic (exact) mass is 656 g/mol. The van der Waals surface area contributed by atoms with Crippen LogP contribution < -0.4 is 9.47 Å². The summed E-state index contributed by atoms with van der Waals surface area (Å²) in [4.78, 5) is 55.6. The predicted molar refractivity (Wildman–Crippen MR) is 173 cm³/mol. The first-order valence-corrected chi connectivity index (χ1v) is 16.6. The lowest BCUT2D eigenvalue weighted by Crippen LogP contribution is -2.76. The van der Waals surface area contributed by atoms with Gasteiger partial charge in [-0.15, -0.1) is 0 Å². The first-order valence-electron chi connectivity index (χ1n) is 16.6. The number of carbonyl (C=O) groups excluding carboxylic acids is 3. The quantitative estimate of drug-likeness (QED) is 0.190. The van der Waals surface area contributed by atoms with E-state index in [9.17, 15) is 14.4 Å². The molecule has 0 unspecified atom stereocenters. The van der Waals surface area contributed by atoms with Crippen LogP contribution in [0.4, 0.5) is 0 Å². The summed E-state index contributed by atoms with van der Waals surface area (Å²) in [6, 6.07) is 13.6. The Hall–Kier alpha value is -5.42. The van der Waals surface area contributed by atoms with Crippen LogP contribution in [-0.4, -0.2) is 68.6 Å². The van der Waals surface area contributed by atoms with E-state index in [1.54, 1.807) is 61.1 Å². The number of ether oxygens (including phenoxy) is 4. The third kappa shape index (κ3) is 4.67. The van der Waals surface area contributed by atoms with E-state index in [0.717, 1.165) is 24.2 Å². The Balaban J connectivity index is 1.20. The Morgan fingerprint density at radius 3 is 2.12 bits per heavy atom. The zero-order valence-electron chi connectivity index (χ0n) is 26.5. The van der Waals surface area contributed by atoms with Gasteiger partial charge in [0, 0.05) is 55.7 Å². The van der Waals surface area contributed by atoms with Gasteiger partial charge in [-0.3, -0.25) is 19.9 Å². The van der Waals surface area contributed by atoms with Crippen molar-refractivity contribution in [1.29, 1.82) is 0 Å². The highest BCUT2D eigenvalue weighted by atomic mass is 16.6. The standard InChI is InChI=1S/C38H32N4O7/c43-34(25-4-1-14-39-19-25)46-28-10-9-24-18-30-38(49-36(45)27-6-3-16-41-21-27)12-11-29(47-35(44)26-5-2-15-40-20-26)33-37(38,31(24)32(28)48-33)13-17-42(30)22-23-7-8-23/h1-6,9-11,14-16,19-21,23,30,33H,7-8,12-13,17-18,22H2/t30-,33+,37+,38-/m1/s1. The summed E-state index contributed by atoms with van der Waals surface area (Å²) in [6.07, 6.45) is 14.0. The van der Waals surface area contributed by atoms with Crippen molar-refractivity contribution in [3.63, 3.8) is 0 Å². The van der Waals surface area contributed by atoms with E-state index in [1.165, 1.54) is 31.4 Å². The summed E-state index contributed by atoms with van der Waals surface area (Å²) in [5.74, 6) is -0.0772. The van der Waals surface area contributed by atoms with Gasteiger partial charge >= 0.3 is 17.9 Å². The first-order chi connectivity index (χ1) is 24.0. The highest BCUT2D eigenvalue weighted by Gasteiger charge is 2.75. The maximum absolute atomic E-state index is 14.1. The van der Waals surface area contributed by atoms with Crippen molar-refractivity contribution < 1.29 is 33.3 Å². The number of pyridine rings is 3. The van der Waals surface area contributed by atoms with Gasteiger partial charge in [0.2, 0.25) is 0 Å². The number of benzene rings is 1. The summed E-state index contributed by atoms with van der Waals surface area (Å²) in [6.45, 7) is 1.64. The molecule has 3 aromatic heterocycles. The molecule has 5 aliphatic rings. The fourth-order valence-electron chi connectivity index (χ4n) is 8.41. The minimum absolute atomic E-state index is 0.178. The van der Waals surface area contributed by atoms with Gasteiger partial charge in [0.25, 0.3) is 0 Å². The van der Waals surface area contributed by atoms with E-state index in [4.69, 9.17) is 18.9 Å². The van der Waals surface area contributed by atoms with Crippen LogP contribution in [0, 0.1) is 5.92 Å². The Kier molecular flexibility index (Phi) is 6.87. The third-order valence-corrected chi connectivity index (χ3v) is 10.7. The molecule has 2 fully saturated rings. The molecule has 5 heterocycles. The molecular weight excluding hydrogens is 624 g/mol. The van der Waals surface area contributed by atoms with E-state index in [-0.39, 0.29) is 11.8 Å². The molecule has 0 N–H and O–H groups in total. The highest BCUT2D eigenvalue weighted by Crippen LogP contribution is 2.67. The van der Waals surface area contributed by atoms with Crippen LogP contribution in [0.2, 0.25) is 0 Å². The van der Waals surface area contributed by atoms with Crippen LogP contribution in [0.15, 0.2) is 97.5 Å². The molecule has 1 saturated carbocycles. The molecule has 4 atom stereocenters. The molecule has 1 spiro atoms. The zero-order valence-corrected chi connectivity index (χ0v) is 26.5. The molecule has 1 saturated heterocycles. The van der Waals surface area contributed by atoms with Gasteiger partial charge in [-0.05, 0) is 92.2 Å². The van der Waals surface area contributed by atoms with Gasteiger partial charge in [0.05, 0.1) is 28.1 Å². The maximum Gasteiger partial charge on any atom is 0.345 e. The van der Waals surface area contributed by atoms with E-state index < -0.39 is 35.0 Å². The summed E-state index contributed by atoms with van der Waals surface area (Å²) in [7, 11) is 0. The van der Waals surface area contributed by atoms with Crippen molar-refractivity contribution in [3.8, 4) is 11.5 Å². The number of rotatable bonds is 8. The highest BCUT2D eigenvalue weighted by molar-refractivity contribution is 5.92. The van der Waals surface area contributed by atoms with Crippen LogP contribution in [0.1, 0.15) is 67.9 Å². The van der Waals surface area contributed by atoms with Crippen LogP contribution in [0.3, 0.4) is 0 Å². The molecule has 2 bridgehead atoms. The minimum Gasteiger partial charge on any atom is -0.477 e. The average Bonchev–Trinajstić information content (AvgIpc) is 3.89. The first kappa shape index (κ1) is 29.7. The summed E-state index contributed by atoms with van der Waals surface area (Å²) in [5.41, 5.74) is 0.749. The second kappa shape index (κ2) is 11.3. The molecule has 11 nitrogen and oxygen atoms in total. The molecule has 49 heavy (non-hydrogen) atoms. The van der Waals surface area contributed by atoms with Crippen molar-refractivity contribution in [1.82, 2.24) is 19.9 Å². The fourth-order valence-corrected chi connectivity index (χ4v) is 8.41. The average molecular weight is 657 g/mol. The molecule has 0 amide bonds. The summed E-state index contributed by atoms with van der Waals surface area (Å²) < 4.78 is 25.8. The SMILES string of the molecule is O=C(OC1=CC[C@@]2(OC(=O)c3cccnc3)[C@H]3Cc4ccc(OC(=O)c5cccnc5)c5c4[C@@]2(CCN3CC2CC2)[C@H]1O5)c1cccnc1. The second-order valence-electron chi connectivity index (χ2n) is 13.4. The van der Waals surface area contributed by atoms with Crippen molar-refractivity contribution in [3.05, 3.63) is 125 Å². The number of aromatic nitrogens is 3. The van der Waals surface area contributed by atoms with Crippen molar-refractivity contribution in [2.24, 2.45) is 5.92 Å². The molecule has 3 aliphatic carbocycles. The van der Waals surface area contributed by atoms with Crippen LogP contribution >= 0.6 is 0 Å². The predicted octanol–water partition coefficient (Wildman–Crippen LogP) is 4.87. The lowest BCUT2D eigenvalue weighted by molar-refractivity contribution is -0.172. The number of nitrogens with zero attached hydrogens (tertiary/aromatic N) is 4. The van der Waals surface area contributed by atoms with E-state index >= 15 is 0 Å². The number of piperidine rings is 1. The number of likely N-dealkylation sites (tertiary alicyclic amines) is 1. The lowest BCUT2D eigenvalue weighted by atomic mass is 9.50.